The van der Waals surface area contributed by atoms with Crippen LogP contribution in [0.2, 0.25) is 10.0 Å². The Morgan fingerprint density at radius 1 is 1.19 bits per heavy atom. The van der Waals surface area contributed by atoms with Gasteiger partial charge in [-0.15, -0.1) is 5.10 Å². The highest BCUT2D eigenvalue weighted by Gasteiger charge is 2.24. The predicted molar refractivity (Wildman–Crippen MR) is 108 cm³/mol. The second kappa shape index (κ2) is 7.86. The molecule has 0 unspecified atom stereocenters. The minimum atomic E-state index is -0.933. The maximum absolute atomic E-state index is 14.9. The molecule has 1 amide bonds. The van der Waals surface area contributed by atoms with E-state index in [1.54, 1.807) is 6.07 Å². The van der Waals surface area contributed by atoms with Crippen LogP contribution in [0.4, 0.5) is 4.39 Å². The number of hydrogen-bond donors (Lipinski definition) is 2. The van der Waals surface area contributed by atoms with Gasteiger partial charge in [0, 0.05) is 17.7 Å². The Morgan fingerprint density at radius 2 is 1.90 bits per heavy atom. The van der Waals surface area contributed by atoms with Gasteiger partial charge < -0.3 is 10.1 Å². The lowest BCUT2D eigenvalue weighted by molar-refractivity contribution is 0.0945. The fourth-order valence-corrected chi connectivity index (χ4v) is 3.61. The highest BCUT2D eigenvalue weighted by molar-refractivity contribution is 6.37. The van der Waals surface area contributed by atoms with Crippen LogP contribution in [0.15, 0.2) is 33.9 Å². The number of carbonyl (C=O) groups excluding carboxylic acids is 1. The van der Waals surface area contributed by atoms with Gasteiger partial charge in [-0.25, -0.2) is 9.18 Å². The molecule has 1 aliphatic rings. The third-order valence-electron chi connectivity index (χ3n) is 4.49. The number of ether oxygens (including phenoxy) is 1. The molecule has 2 heterocycles. The summed E-state index contributed by atoms with van der Waals surface area (Å²) in [6.07, 6.45) is 0.298. The number of carbonyl (C=O) groups is 1. The van der Waals surface area contributed by atoms with Crippen molar-refractivity contribution in [3.8, 4) is 23.3 Å². The second-order valence-corrected chi connectivity index (χ2v) is 7.20. The molecule has 12 heteroatoms. The van der Waals surface area contributed by atoms with Crippen molar-refractivity contribution in [3.05, 3.63) is 77.8 Å². The molecule has 9 nitrogen and oxygen atoms in total. The van der Waals surface area contributed by atoms with Crippen LogP contribution in [0.5, 0.6) is 11.5 Å². The van der Waals surface area contributed by atoms with E-state index >= 15 is 0 Å². The van der Waals surface area contributed by atoms with Crippen LogP contribution in [0.1, 0.15) is 21.6 Å². The van der Waals surface area contributed by atoms with Crippen molar-refractivity contribution in [2.75, 3.05) is 6.54 Å². The maximum atomic E-state index is 14.9. The molecular formula is C19H10Cl2FN5O4. The van der Waals surface area contributed by atoms with Crippen LogP contribution in [-0.4, -0.2) is 27.2 Å². The smallest absolute Gasteiger partial charge is 0.349 e. The molecule has 1 aromatic heterocycles. The van der Waals surface area contributed by atoms with Crippen LogP contribution < -0.4 is 21.3 Å². The number of nitrogens with zero attached hydrogens (tertiary/aromatic N) is 3. The number of hydrogen-bond acceptors (Lipinski definition) is 6. The summed E-state index contributed by atoms with van der Waals surface area (Å²) >= 11 is 12.5. The molecule has 0 saturated carbocycles. The summed E-state index contributed by atoms with van der Waals surface area (Å²) in [4.78, 5) is 37.4. The molecule has 31 heavy (non-hydrogen) atoms. The van der Waals surface area contributed by atoms with E-state index in [1.165, 1.54) is 24.3 Å². The number of nitriles is 1. The highest BCUT2D eigenvalue weighted by atomic mass is 35.5. The summed E-state index contributed by atoms with van der Waals surface area (Å²) in [7, 11) is 0. The first-order chi connectivity index (χ1) is 14.8. The fraction of sp³-hybridized carbons (Fsp3) is 0.105. The Morgan fingerprint density at radius 3 is 2.58 bits per heavy atom. The minimum Gasteiger partial charge on any atom is -0.451 e. The fourth-order valence-electron chi connectivity index (χ4n) is 3.06. The first kappa shape index (κ1) is 20.6. The number of fused-ring (bicyclic) bond motifs is 1. The zero-order valence-corrected chi connectivity index (χ0v) is 16.8. The maximum Gasteiger partial charge on any atom is 0.349 e. The van der Waals surface area contributed by atoms with Gasteiger partial charge in [-0.3, -0.25) is 14.6 Å². The van der Waals surface area contributed by atoms with E-state index < -0.39 is 22.8 Å². The second-order valence-electron chi connectivity index (χ2n) is 6.38. The topological polar surface area (TPSA) is 130 Å². The van der Waals surface area contributed by atoms with Gasteiger partial charge in [0.05, 0.1) is 15.7 Å². The molecular weight excluding hydrogens is 452 g/mol. The largest absolute Gasteiger partial charge is 0.451 e. The summed E-state index contributed by atoms with van der Waals surface area (Å²) in [6, 6.07) is 6.79. The summed E-state index contributed by atoms with van der Waals surface area (Å²) < 4.78 is 21.2. The Hall–Kier alpha value is -3.68. The van der Waals surface area contributed by atoms with Gasteiger partial charge >= 0.3 is 5.69 Å². The van der Waals surface area contributed by atoms with Crippen LogP contribution >= 0.6 is 23.2 Å². The number of nitrogens with one attached hydrogen (secondary N) is 2. The standard InChI is InChI=1S/C19H10Cl2FN5O4/c20-11-5-8(27-19(30)25-18(29)13(7-23)26-27)6-12(21)16(11)31-14-2-1-10-9(15(14)22)3-4-24-17(10)28/h1-2,5-6H,3-4H2,(H,24,28)(H,25,29,30). The van der Waals surface area contributed by atoms with Crippen molar-refractivity contribution in [2.24, 2.45) is 0 Å². The zero-order chi connectivity index (χ0) is 22.3. The van der Waals surface area contributed by atoms with E-state index in [-0.39, 0.29) is 44.3 Å². The monoisotopic (exact) mass is 461 g/mol. The predicted octanol–water partition coefficient (Wildman–Crippen LogP) is 2.32. The van der Waals surface area contributed by atoms with Gasteiger partial charge in [0.1, 0.15) is 6.07 Å². The molecule has 4 rings (SSSR count). The minimum absolute atomic E-state index is 0.0442. The first-order valence-corrected chi connectivity index (χ1v) is 9.46. The molecule has 0 aliphatic carbocycles. The van der Waals surface area contributed by atoms with E-state index in [2.05, 4.69) is 10.4 Å². The lowest BCUT2D eigenvalue weighted by Crippen LogP contribution is -2.33. The van der Waals surface area contributed by atoms with E-state index in [4.69, 9.17) is 33.2 Å². The lowest BCUT2D eigenvalue weighted by Gasteiger charge is -2.19. The summed E-state index contributed by atoms with van der Waals surface area (Å²) in [5.74, 6) is -1.36. The van der Waals surface area contributed by atoms with Crippen molar-refractivity contribution >= 4 is 29.1 Å². The average Bonchev–Trinajstić information content (AvgIpc) is 2.72. The summed E-state index contributed by atoms with van der Waals surface area (Å²) in [5.41, 5.74) is -1.89. The Labute approximate surface area is 182 Å². The molecule has 0 atom stereocenters. The Balaban J connectivity index is 1.75. The van der Waals surface area contributed by atoms with Gasteiger partial charge in [-0.2, -0.15) is 9.94 Å². The molecule has 1 aliphatic heterocycles. The van der Waals surface area contributed by atoms with Crippen LogP contribution in [0, 0.1) is 17.1 Å². The molecule has 0 spiro atoms. The quantitative estimate of drug-likeness (QED) is 0.615. The lowest BCUT2D eigenvalue weighted by atomic mass is 9.99. The molecule has 156 valence electrons. The number of benzene rings is 2. The van der Waals surface area contributed by atoms with Gasteiger partial charge in [0.25, 0.3) is 11.5 Å². The molecule has 2 aromatic carbocycles. The number of amides is 1. The molecule has 0 radical (unpaired) electrons. The van der Waals surface area contributed by atoms with E-state index in [9.17, 15) is 18.8 Å². The highest BCUT2D eigenvalue weighted by Crippen LogP contribution is 2.39. The first-order valence-electron chi connectivity index (χ1n) is 8.70. The van der Waals surface area contributed by atoms with E-state index in [1.807, 2.05) is 4.98 Å². The van der Waals surface area contributed by atoms with Crippen molar-refractivity contribution < 1.29 is 13.9 Å². The molecule has 0 bridgehead atoms. The van der Waals surface area contributed by atoms with Crippen LogP contribution in [-0.2, 0) is 6.42 Å². The van der Waals surface area contributed by atoms with Gasteiger partial charge in [0.15, 0.2) is 17.3 Å². The number of H-pyrrole nitrogens is 1. The van der Waals surface area contributed by atoms with Crippen LogP contribution in [0.25, 0.3) is 5.69 Å². The van der Waals surface area contributed by atoms with Gasteiger partial charge in [-0.1, -0.05) is 23.2 Å². The zero-order valence-electron chi connectivity index (χ0n) is 15.3. The third kappa shape index (κ3) is 3.65. The van der Waals surface area contributed by atoms with Crippen molar-refractivity contribution in [3.63, 3.8) is 0 Å². The SMILES string of the molecule is N#Cc1nn(-c2cc(Cl)c(Oc3ccc4c(c3F)CCNC4=O)c(Cl)c2)c(=O)[nH]c1=O. The molecule has 0 saturated heterocycles. The third-order valence-corrected chi connectivity index (χ3v) is 5.05. The Bertz CT molecular complexity index is 1390. The summed E-state index contributed by atoms with van der Waals surface area (Å²) in [5, 5.41) is 15.1. The number of rotatable bonds is 3. The van der Waals surface area contributed by atoms with Crippen molar-refractivity contribution in [1.29, 1.82) is 5.26 Å². The number of aromatic amines is 1. The van der Waals surface area contributed by atoms with Crippen molar-refractivity contribution in [2.45, 2.75) is 6.42 Å². The Kier molecular flexibility index (Phi) is 5.22. The van der Waals surface area contributed by atoms with E-state index in [0.717, 1.165) is 4.68 Å². The summed E-state index contributed by atoms with van der Waals surface area (Å²) in [6.45, 7) is 0.300. The van der Waals surface area contributed by atoms with Crippen LogP contribution in [0.3, 0.4) is 0 Å². The van der Waals surface area contributed by atoms with E-state index in [0.29, 0.717) is 13.0 Å². The van der Waals surface area contributed by atoms with Gasteiger partial charge in [-0.05, 0) is 30.7 Å². The van der Waals surface area contributed by atoms with Gasteiger partial charge in [0.2, 0.25) is 5.69 Å². The normalized spacial score (nSPS) is 12.6. The van der Waals surface area contributed by atoms with Crippen molar-refractivity contribution in [1.82, 2.24) is 20.1 Å². The average molecular weight is 462 g/mol. The molecule has 3 aromatic rings. The molecule has 2 N–H and O–H groups in total. The number of aromatic nitrogens is 3. The molecule has 0 fully saturated rings. The number of halogens is 3.